The van der Waals surface area contributed by atoms with E-state index in [4.69, 9.17) is 10.00 Å². The predicted molar refractivity (Wildman–Crippen MR) is 61.9 cm³/mol. The summed E-state index contributed by atoms with van der Waals surface area (Å²) in [6, 6.07) is 4.12. The van der Waals surface area contributed by atoms with Gasteiger partial charge in [-0.2, -0.15) is 5.26 Å². The summed E-state index contributed by atoms with van der Waals surface area (Å²) >= 11 is 0. The number of aryl methyl sites for hydroxylation is 2. The van der Waals surface area contributed by atoms with Gasteiger partial charge in [0.2, 0.25) is 0 Å². The first-order chi connectivity index (χ1) is 7.02. The molecule has 1 rings (SSSR count). The van der Waals surface area contributed by atoms with Crippen molar-refractivity contribution in [3.8, 4) is 11.8 Å². The lowest BCUT2D eigenvalue weighted by Crippen LogP contribution is -1.98. The maximum Gasteiger partial charge on any atom is 0.130 e. The number of nitriles is 1. The van der Waals surface area contributed by atoms with E-state index in [9.17, 15) is 0 Å². The van der Waals surface area contributed by atoms with Crippen LogP contribution in [0, 0.1) is 32.1 Å². The molecule has 0 atom stereocenters. The molecule has 0 aliphatic heterocycles. The maximum absolute atomic E-state index is 8.89. The maximum atomic E-state index is 8.89. The average Bonchev–Trinajstić information content (AvgIpc) is 2.21. The van der Waals surface area contributed by atoms with Crippen molar-refractivity contribution in [1.82, 2.24) is 0 Å². The van der Waals surface area contributed by atoms with Crippen LogP contribution in [-0.4, -0.2) is 7.11 Å². The van der Waals surface area contributed by atoms with Crippen molar-refractivity contribution in [3.63, 3.8) is 0 Å². The molecular formula is C13H15NO. The molecule has 15 heavy (non-hydrogen) atoms. The first kappa shape index (κ1) is 11.3. The molecule has 1 aromatic carbocycles. The third kappa shape index (κ3) is 1.87. The zero-order chi connectivity index (χ0) is 11.6. The van der Waals surface area contributed by atoms with Gasteiger partial charge >= 0.3 is 0 Å². The van der Waals surface area contributed by atoms with Crippen LogP contribution in [0.15, 0.2) is 12.6 Å². The Bertz CT molecular complexity index is 453. The quantitative estimate of drug-likeness (QED) is 0.688. The summed E-state index contributed by atoms with van der Waals surface area (Å²) in [6.07, 6.45) is 0. The summed E-state index contributed by atoms with van der Waals surface area (Å²) in [5.74, 6) is 0.763. The van der Waals surface area contributed by atoms with Crippen LogP contribution in [0.1, 0.15) is 22.3 Å². The van der Waals surface area contributed by atoms with Crippen LogP contribution in [0.3, 0.4) is 0 Å². The molecule has 0 radical (unpaired) electrons. The van der Waals surface area contributed by atoms with E-state index in [0.29, 0.717) is 5.57 Å². The van der Waals surface area contributed by atoms with Gasteiger partial charge in [0.25, 0.3) is 0 Å². The fraction of sp³-hybridized carbons (Fsp3) is 0.308. The highest BCUT2D eigenvalue weighted by molar-refractivity contribution is 5.81. The summed E-state index contributed by atoms with van der Waals surface area (Å²) in [6.45, 7) is 9.73. The molecule has 0 fully saturated rings. The Balaban J connectivity index is 3.58. The minimum absolute atomic E-state index is 0.451. The van der Waals surface area contributed by atoms with Gasteiger partial charge in [-0.3, -0.25) is 0 Å². The van der Waals surface area contributed by atoms with Crippen molar-refractivity contribution < 1.29 is 4.74 Å². The monoisotopic (exact) mass is 201 g/mol. The molecule has 0 saturated carbocycles. The first-order valence-corrected chi connectivity index (χ1v) is 4.77. The molecule has 0 aromatic heterocycles. The molecule has 0 bridgehead atoms. The SMILES string of the molecule is C=C(C#N)c1c(C)cc(C)c(C)c1OC. The lowest BCUT2D eigenvalue weighted by atomic mass is 9.95. The van der Waals surface area contributed by atoms with Crippen LogP contribution < -0.4 is 4.74 Å². The summed E-state index contributed by atoms with van der Waals surface area (Å²) in [7, 11) is 1.62. The average molecular weight is 201 g/mol. The molecule has 0 aliphatic rings. The van der Waals surface area contributed by atoms with E-state index in [0.717, 1.165) is 22.4 Å². The molecule has 1 aromatic rings. The van der Waals surface area contributed by atoms with Crippen LogP contribution in [0.5, 0.6) is 5.75 Å². The Morgan fingerprint density at radius 1 is 1.33 bits per heavy atom. The summed E-state index contributed by atoms with van der Waals surface area (Å²) in [5.41, 5.74) is 4.53. The van der Waals surface area contributed by atoms with E-state index in [1.807, 2.05) is 20.8 Å². The van der Waals surface area contributed by atoms with E-state index >= 15 is 0 Å². The number of benzene rings is 1. The zero-order valence-corrected chi connectivity index (χ0v) is 9.64. The second-order valence-corrected chi connectivity index (χ2v) is 3.63. The van der Waals surface area contributed by atoms with Crippen LogP contribution >= 0.6 is 0 Å². The van der Waals surface area contributed by atoms with Gasteiger partial charge in [0, 0.05) is 5.56 Å². The normalized spacial score (nSPS) is 9.53. The highest BCUT2D eigenvalue weighted by atomic mass is 16.5. The van der Waals surface area contributed by atoms with Gasteiger partial charge in [0.1, 0.15) is 5.75 Å². The minimum Gasteiger partial charge on any atom is -0.496 e. The lowest BCUT2D eigenvalue weighted by Gasteiger charge is -2.15. The summed E-state index contributed by atoms with van der Waals surface area (Å²) in [4.78, 5) is 0. The molecule has 0 spiro atoms. The smallest absolute Gasteiger partial charge is 0.130 e. The fourth-order valence-corrected chi connectivity index (χ4v) is 1.74. The van der Waals surface area contributed by atoms with Gasteiger partial charge in [-0.15, -0.1) is 0 Å². The fourth-order valence-electron chi connectivity index (χ4n) is 1.74. The number of rotatable bonds is 2. The van der Waals surface area contributed by atoms with Crippen molar-refractivity contribution in [3.05, 3.63) is 34.9 Å². The summed E-state index contributed by atoms with van der Waals surface area (Å²) in [5, 5.41) is 8.89. The number of hydrogen-bond acceptors (Lipinski definition) is 2. The first-order valence-electron chi connectivity index (χ1n) is 4.77. The Kier molecular flexibility index (Phi) is 3.16. The van der Waals surface area contributed by atoms with Crippen molar-refractivity contribution in [2.45, 2.75) is 20.8 Å². The molecule has 0 saturated heterocycles. The van der Waals surface area contributed by atoms with Crippen molar-refractivity contribution in [1.29, 1.82) is 5.26 Å². The van der Waals surface area contributed by atoms with Crippen molar-refractivity contribution in [2.24, 2.45) is 0 Å². The van der Waals surface area contributed by atoms with Gasteiger partial charge in [-0.05, 0) is 37.5 Å². The third-order valence-corrected chi connectivity index (χ3v) is 2.63. The number of allylic oxidation sites excluding steroid dienone is 1. The summed E-state index contributed by atoms with van der Waals surface area (Å²) < 4.78 is 5.35. The zero-order valence-electron chi connectivity index (χ0n) is 9.64. The van der Waals surface area contributed by atoms with Gasteiger partial charge < -0.3 is 4.74 Å². The molecule has 0 aliphatic carbocycles. The Hall–Kier alpha value is -1.75. The van der Waals surface area contributed by atoms with E-state index < -0.39 is 0 Å². The highest BCUT2D eigenvalue weighted by Crippen LogP contribution is 2.33. The second-order valence-electron chi connectivity index (χ2n) is 3.63. The molecular weight excluding hydrogens is 186 g/mol. The third-order valence-electron chi connectivity index (χ3n) is 2.63. The standard InChI is InChI=1S/C13H15NO/c1-8-6-9(2)12(10(3)7-14)13(15-5)11(8)4/h6H,3H2,1-2,4-5H3. The van der Waals surface area contributed by atoms with Gasteiger partial charge in [-0.1, -0.05) is 12.6 Å². The van der Waals surface area contributed by atoms with E-state index in [1.54, 1.807) is 7.11 Å². The number of nitrogens with zero attached hydrogens (tertiary/aromatic N) is 1. The number of ether oxygens (including phenoxy) is 1. The van der Waals surface area contributed by atoms with Crippen LogP contribution in [-0.2, 0) is 0 Å². The Labute approximate surface area is 90.8 Å². The number of methoxy groups -OCH3 is 1. The highest BCUT2D eigenvalue weighted by Gasteiger charge is 2.14. The molecule has 2 heteroatoms. The van der Waals surface area contributed by atoms with Crippen molar-refractivity contribution >= 4 is 5.57 Å². The molecule has 0 amide bonds. The van der Waals surface area contributed by atoms with Crippen molar-refractivity contribution in [2.75, 3.05) is 7.11 Å². The lowest BCUT2D eigenvalue weighted by molar-refractivity contribution is 0.410. The van der Waals surface area contributed by atoms with Gasteiger partial charge in [0.05, 0.1) is 18.8 Å². The molecule has 2 nitrogen and oxygen atoms in total. The van der Waals surface area contributed by atoms with Crippen LogP contribution in [0.25, 0.3) is 5.57 Å². The molecule has 0 heterocycles. The number of hydrogen-bond donors (Lipinski definition) is 0. The van der Waals surface area contributed by atoms with E-state index in [-0.39, 0.29) is 0 Å². The largest absolute Gasteiger partial charge is 0.496 e. The topological polar surface area (TPSA) is 33.0 Å². The van der Waals surface area contributed by atoms with Gasteiger partial charge in [0.15, 0.2) is 0 Å². The van der Waals surface area contributed by atoms with Gasteiger partial charge in [-0.25, -0.2) is 0 Å². The predicted octanol–water partition coefficient (Wildman–Crippen LogP) is 3.16. The molecule has 78 valence electrons. The van der Waals surface area contributed by atoms with E-state index in [1.165, 1.54) is 5.56 Å². The molecule has 0 unspecified atom stereocenters. The van der Waals surface area contributed by atoms with Crippen LogP contribution in [0.4, 0.5) is 0 Å². The Morgan fingerprint density at radius 2 is 1.93 bits per heavy atom. The Morgan fingerprint density at radius 3 is 2.40 bits per heavy atom. The minimum atomic E-state index is 0.451. The van der Waals surface area contributed by atoms with E-state index in [2.05, 4.69) is 18.7 Å². The van der Waals surface area contributed by atoms with Crippen LogP contribution in [0.2, 0.25) is 0 Å². The molecule has 0 N–H and O–H groups in total. The second kappa shape index (κ2) is 4.18.